The second-order valence-corrected chi connectivity index (χ2v) is 8.96. The number of imidazole rings is 1. The van der Waals surface area contributed by atoms with Crippen LogP contribution in [-0.4, -0.2) is 53.3 Å². The van der Waals surface area contributed by atoms with Crippen LogP contribution in [0, 0.1) is 5.92 Å². The Morgan fingerprint density at radius 1 is 1.21 bits per heavy atom. The molecule has 2 fully saturated rings. The van der Waals surface area contributed by atoms with Gasteiger partial charge in [-0.1, -0.05) is 0 Å². The minimum absolute atomic E-state index is 0.179. The van der Waals surface area contributed by atoms with Crippen molar-refractivity contribution in [3.05, 3.63) is 42.1 Å². The molecular weight excluding hydrogens is 449 g/mol. The third-order valence-electron chi connectivity index (χ3n) is 6.90. The number of alkyl halides is 3. The molecule has 1 N–H and O–H groups in total. The molecule has 10 heteroatoms. The quantitative estimate of drug-likeness (QED) is 0.560. The minimum Gasteiger partial charge on any atom is -0.469 e. The van der Waals surface area contributed by atoms with E-state index in [2.05, 4.69) is 19.9 Å². The number of anilines is 1. The molecule has 1 spiro atoms. The van der Waals surface area contributed by atoms with Crippen molar-refractivity contribution in [3.8, 4) is 11.4 Å². The first-order valence-corrected chi connectivity index (χ1v) is 11.3. The summed E-state index contributed by atoms with van der Waals surface area (Å²) >= 11 is 0. The number of carbonyl (C=O) groups is 1. The van der Waals surface area contributed by atoms with Gasteiger partial charge in [0.05, 0.1) is 41.8 Å². The van der Waals surface area contributed by atoms with Crippen LogP contribution in [0.15, 0.2) is 36.5 Å². The third kappa shape index (κ3) is 4.34. The topological polar surface area (TPSA) is 80.3 Å². The van der Waals surface area contributed by atoms with E-state index in [9.17, 15) is 18.0 Å². The maximum Gasteiger partial charge on any atom is 0.416 e. The number of nitrogens with zero attached hydrogens (tertiary/aromatic N) is 3. The molecule has 7 nitrogen and oxygen atoms in total. The molecule has 0 radical (unpaired) electrons. The Labute approximate surface area is 194 Å². The Morgan fingerprint density at radius 3 is 2.62 bits per heavy atom. The second-order valence-electron chi connectivity index (χ2n) is 8.96. The molecular formula is C24H25F3N4O3. The number of pyridine rings is 1. The van der Waals surface area contributed by atoms with Gasteiger partial charge in [0.15, 0.2) is 0 Å². The lowest BCUT2D eigenvalue weighted by Crippen LogP contribution is -2.50. The van der Waals surface area contributed by atoms with E-state index in [1.165, 1.54) is 13.2 Å². The maximum atomic E-state index is 13.0. The number of methoxy groups -OCH3 is 1. The Balaban J connectivity index is 1.24. The van der Waals surface area contributed by atoms with Gasteiger partial charge in [-0.25, -0.2) is 9.97 Å². The first kappa shape index (κ1) is 22.6. The number of benzene rings is 1. The predicted molar refractivity (Wildman–Crippen MR) is 119 cm³/mol. The molecule has 0 aliphatic carbocycles. The Hall–Kier alpha value is -3.14. The fourth-order valence-electron chi connectivity index (χ4n) is 4.80. The number of halogens is 3. The normalized spacial score (nSPS) is 20.6. The van der Waals surface area contributed by atoms with Gasteiger partial charge in [-0.05, 0) is 56.0 Å². The van der Waals surface area contributed by atoms with Gasteiger partial charge in [0.1, 0.15) is 11.6 Å². The van der Waals surface area contributed by atoms with Crippen molar-refractivity contribution in [2.75, 3.05) is 31.7 Å². The van der Waals surface area contributed by atoms with Crippen molar-refractivity contribution in [2.45, 2.75) is 37.5 Å². The van der Waals surface area contributed by atoms with Gasteiger partial charge in [-0.2, -0.15) is 13.2 Å². The molecule has 3 aromatic rings. The van der Waals surface area contributed by atoms with Crippen LogP contribution in [0.1, 0.15) is 31.2 Å². The van der Waals surface area contributed by atoms with Crippen LogP contribution in [0.3, 0.4) is 0 Å². The van der Waals surface area contributed by atoms with Crippen molar-refractivity contribution < 1.29 is 27.4 Å². The highest BCUT2D eigenvalue weighted by Gasteiger charge is 2.41. The van der Waals surface area contributed by atoms with Gasteiger partial charge in [-0.3, -0.25) is 4.79 Å². The van der Waals surface area contributed by atoms with Crippen LogP contribution in [0.4, 0.5) is 19.0 Å². The molecule has 180 valence electrons. The molecule has 2 aliphatic rings. The molecule has 4 heterocycles. The largest absolute Gasteiger partial charge is 0.469 e. The first-order chi connectivity index (χ1) is 16.3. The molecule has 1 aromatic carbocycles. The monoisotopic (exact) mass is 474 g/mol. The molecule has 1 atom stereocenters. The van der Waals surface area contributed by atoms with Crippen molar-refractivity contribution in [2.24, 2.45) is 5.92 Å². The molecule has 2 aromatic heterocycles. The van der Waals surface area contributed by atoms with E-state index in [1.54, 1.807) is 6.20 Å². The number of hydrogen-bond acceptors (Lipinski definition) is 6. The lowest BCUT2D eigenvalue weighted by atomic mass is 9.82. The Bertz CT molecular complexity index is 1170. The lowest BCUT2D eigenvalue weighted by molar-refractivity contribution is -0.161. The van der Waals surface area contributed by atoms with Crippen molar-refractivity contribution in [3.63, 3.8) is 0 Å². The average Bonchev–Trinajstić information content (AvgIpc) is 3.28. The summed E-state index contributed by atoms with van der Waals surface area (Å²) in [5.74, 6) is 0.919. The van der Waals surface area contributed by atoms with Crippen LogP contribution < -0.4 is 4.90 Å². The SMILES string of the molecule is COC(=O)C1CCC2(CCN(c3ccc(-c4nc5ccc(C(F)(F)F)cc5[nH]4)cn3)CC2)OC1. The third-order valence-corrected chi connectivity index (χ3v) is 6.90. The van der Waals surface area contributed by atoms with E-state index in [1.807, 2.05) is 12.1 Å². The summed E-state index contributed by atoms with van der Waals surface area (Å²) in [5.41, 5.74) is 0.595. The zero-order valence-corrected chi connectivity index (χ0v) is 18.7. The number of H-pyrrole nitrogens is 1. The summed E-state index contributed by atoms with van der Waals surface area (Å²) in [5, 5.41) is 0. The van der Waals surface area contributed by atoms with Gasteiger partial charge >= 0.3 is 12.1 Å². The molecule has 1 unspecified atom stereocenters. The van der Waals surface area contributed by atoms with E-state index in [4.69, 9.17) is 9.47 Å². The zero-order chi connectivity index (χ0) is 23.9. The van der Waals surface area contributed by atoms with Crippen LogP contribution in [0.5, 0.6) is 0 Å². The highest BCUT2D eigenvalue weighted by atomic mass is 19.4. The number of piperidine rings is 1. The minimum atomic E-state index is -4.40. The van der Waals surface area contributed by atoms with Crippen LogP contribution in [-0.2, 0) is 20.4 Å². The summed E-state index contributed by atoms with van der Waals surface area (Å²) < 4.78 is 49.9. The van der Waals surface area contributed by atoms with Crippen LogP contribution >= 0.6 is 0 Å². The molecule has 2 aliphatic heterocycles. The fourth-order valence-corrected chi connectivity index (χ4v) is 4.80. The van der Waals surface area contributed by atoms with Gasteiger partial charge in [0, 0.05) is 24.8 Å². The molecule has 2 saturated heterocycles. The van der Waals surface area contributed by atoms with Gasteiger partial charge in [-0.15, -0.1) is 0 Å². The zero-order valence-electron chi connectivity index (χ0n) is 18.7. The number of nitrogens with one attached hydrogen (secondary N) is 1. The van der Waals surface area contributed by atoms with Gasteiger partial charge in [0.2, 0.25) is 0 Å². The lowest BCUT2D eigenvalue weighted by Gasteiger charge is -2.45. The highest BCUT2D eigenvalue weighted by Crippen LogP contribution is 2.38. The second kappa shape index (κ2) is 8.57. The highest BCUT2D eigenvalue weighted by molar-refractivity contribution is 5.80. The molecule has 34 heavy (non-hydrogen) atoms. The molecule has 0 bridgehead atoms. The summed E-state index contributed by atoms with van der Waals surface area (Å²) in [4.78, 5) is 25.9. The number of esters is 1. The van der Waals surface area contributed by atoms with Crippen molar-refractivity contribution in [1.82, 2.24) is 15.0 Å². The Kier molecular flexibility index (Phi) is 5.71. The number of rotatable bonds is 3. The Morgan fingerprint density at radius 2 is 2.00 bits per heavy atom. The molecule has 0 saturated carbocycles. The van der Waals surface area contributed by atoms with Crippen molar-refractivity contribution in [1.29, 1.82) is 0 Å². The van der Waals surface area contributed by atoms with E-state index in [0.717, 1.165) is 56.7 Å². The first-order valence-electron chi connectivity index (χ1n) is 11.3. The number of hydrogen-bond donors (Lipinski definition) is 1. The number of ether oxygens (including phenoxy) is 2. The van der Waals surface area contributed by atoms with Crippen LogP contribution in [0.2, 0.25) is 0 Å². The standard InChI is InChI=1S/C24H25F3N4O3/c1-33-22(32)16-6-7-23(34-14-16)8-10-31(11-9-23)20-5-2-15(13-28-20)21-29-18-4-3-17(24(25,26)27)12-19(18)30-21/h2-5,12-13,16H,6-11,14H2,1H3,(H,29,30). The van der Waals surface area contributed by atoms with Crippen molar-refractivity contribution >= 4 is 22.8 Å². The summed E-state index contributed by atoms with van der Waals surface area (Å²) in [6, 6.07) is 7.23. The van der Waals surface area contributed by atoms with E-state index >= 15 is 0 Å². The number of aromatic nitrogens is 3. The number of aromatic amines is 1. The van der Waals surface area contributed by atoms with Gasteiger partial charge in [0.25, 0.3) is 0 Å². The van der Waals surface area contributed by atoms with E-state index in [-0.39, 0.29) is 17.5 Å². The summed E-state index contributed by atoms with van der Waals surface area (Å²) in [6.07, 6.45) is 0.614. The van der Waals surface area contributed by atoms with E-state index < -0.39 is 11.7 Å². The smallest absolute Gasteiger partial charge is 0.416 e. The average molecular weight is 474 g/mol. The van der Waals surface area contributed by atoms with E-state index in [0.29, 0.717) is 29.0 Å². The number of fused-ring (bicyclic) bond motifs is 1. The summed E-state index contributed by atoms with van der Waals surface area (Å²) in [7, 11) is 1.40. The fraction of sp³-hybridized carbons (Fsp3) is 0.458. The maximum absolute atomic E-state index is 13.0. The number of carbonyl (C=O) groups excluding carboxylic acids is 1. The summed E-state index contributed by atoms with van der Waals surface area (Å²) in [6.45, 7) is 1.99. The molecule has 0 amide bonds. The van der Waals surface area contributed by atoms with Crippen LogP contribution in [0.25, 0.3) is 22.4 Å². The molecule has 5 rings (SSSR count). The predicted octanol–water partition coefficient (Wildman–Crippen LogP) is 4.58. The van der Waals surface area contributed by atoms with Gasteiger partial charge < -0.3 is 19.4 Å².